The molecule has 2 fully saturated rings. The molecule has 0 bridgehead atoms. The second kappa shape index (κ2) is 4.90. The molecule has 0 spiro atoms. The Hall–Kier alpha value is -1.46. The van der Waals surface area contributed by atoms with Crippen molar-refractivity contribution in [3.63, 3.8) is 0 Å². The minimum Gasteiger partial charge on any atom is -0.390 e. The van der Waals surface area contributed by atoms with E-state index in [1.807, 2.05) is 12.1 Å². The lowest BCUT2D eigenvalue weighted by Gasteiger charge is -2.23. The van der Waals surface area contributed by atoms with Gasteiger partial charge in [-0.05, 0) is 37.0 Å². The van der Waals surface area contributed by atoms with Gasteiger partial charge in [-0.15, -0.1) is 0 Å². The molecule has 5 nitrogen and oxygen atoms in total. The highest BCUT2D eigenvalue weighted by atomic mass is 16.3. The molecule has 1 heterocycles. The maximum absolute atomic E-state index is 11.9. The zero-order valence-electron chi connectivity index (χ0n) is 10.6. The van der Waals surface area contributed by atoms with Crippen LogP contribution in [0.1, 0.15) is 30.7 Å². The first kappa shape index (κ1) is 12.6. The van der Waals surface area contributed by atoms with Gasteiger partial charge in [0, 0.05) is 24.2 Å². The molecule has 0 aliphatic heterocycles. The summed E-state index contributed by atoms with van der Waals surface area (Å²) < 4.78 is 0. The van der Waals surface area contributed by atoms with E-state index in [4.69, 9.17) is 0 Å². The van der Waals surface area contributed by atoms with Crippen LogP contribution in [0, 0.1) is 5.92 Å². The summed E-state index contributed by atoms with van der Waals surface area (Å²) in [5.41, 5.74) is 0.992. The number of pyridine rings is 1. The molecule has 3 N–H and O–H groups in total. The molecule has 5 heteroatoms. The van der Waals surface area contributed by atoms with E-state index in [0.717, 1.165) is 18.4 Å². The Morgan fingerprint density at radius 3 is 2.58 bits per heavy atom. The predicted molar refractivity (Wildman–Crippen MR) is 68.3 cm³/mol. The summed E-state index contributed by atoms with van der Waals surface area (Å²) >= 11 is 0. The van der Waals surface area contributed by atoms with Crippen LogP contribution in [0.5, 0.6) is 0 Å². The number of carbonyl (C=O) groups is 1. The zero-order valence-corrected chi connectivity index (χ0v) is 10.6. The first-order valence-corrected chi connectivity index (χ1v) is 6.73. The van der Waals surface area contributed by atoms with Gasteiger partial charge < -0.3 is 15.5 Å². The third kappa shape index (κ3) is 2.48. The Labute approximate surface area is 111 Å². The summed E-state index contributed by atoms with van der Waals surface area (Å²) in [6, 6.07) is 3.32. The van der Waals surface area contributed by atoms with Crippen molar-refractivity contribution in [2.45, 2.75) is 43.4 Å². The number of rotatable bonds is 3. The van der Waals surface area contributed by atoms with Gasteiger partial charge >= 0.3 is 0 Å². The van der Waals surface area contributed by atoms with Gasteiger partial charge in [0.05, 0.1) is 12.1 Å². The van der Waals surface area contributed by atoms with Crippen molar-refractivity contribution < 1.29 is 15.0 Å². The number of hydrogen-bond acceptors (Lipinski definition) is 4. The highest BCUT2D eigenvalue weighted by Gasteiger charge is 2.44. The van der Waals surface area contributed by atoms with Gasteiger partial charge in [-0.25, -0.2) is 0 Å². The maximum atomic E-state index is 11.9. The molecule has 2 aliphatic carbocycles. The van der Waals surface area contributed by atoms with Gasteiger partial charge in [0.1, 0.15) is 6.10 Å². The number of nitrogens with zero attached hydrogens (tertiary/aromatic N) is 1. The van der Waals surface area contributed by atoms with Crippen LogP contribution in [0.4, 0.5) is 0 Å². The Morgan fingerprint density at radius 1 is 1.26 bits per heavy atom. The minimum atomic E-state index is -0.902. The molecule has 2 saturated carbocycles. The quantitative estimate of drug-likeness (QED) is 0.726. The molecule has 3 rings (SSSR count). The van der Waals surface area contributed by atoms with Gasteiger partial charge in [0.15, 0.2) is 0 Å². The maximum Gasteiger partial charge on any atom is 0.223 e. The summed E-state index contributed by atoms with van der Waals surface area (Å²) in [4.78, 5) is 15.8. The summed E-state index contributed by atoms with van der Waals surface area (Å²) in [6.07, 6.45) is 4.00. The summed E-state index contributed by atoms with van der Waals surface area (Å²) in [5, 5.41) is 22.8. The van der Waals surface area contributed by atoms with Gasteiger partial charge in [-0.3, -0.25) is 9.78 Å². The summed E-state index contributed by atoms with van der Waals surface area (Å²) in [5.74, 6) is 0.0379. The van der Waals surface area contributed by atoms with Crippen molar-refractivity contribution in [1.82, 2.24) is 10.3 Å². The molecule has 1 aromatic rings. The molecule has 1 aromatic heterocycles. The Morgan fingerprint density at radius 2 is 1.95 bits per heavy atom. The van der Waals surface area contributed by atoms with Crippen molar-refractivity contribution in [1.29, 1.82) is 0 Å². The van der Waals surface area contributed by atoms with Crippen LogP contribution < -0.4 is 5.32 Å². The van der Waals surface area contributed by atoms with Crippen LogP contribution >= 0.6 is 0 Å². The van der Waals surface area contributed by atoms with Crippen LogP contribution in [-0.4, -0.2) is 39.4 Å². The average molecular weight is 262 g/mol. The van der Waals surface area contributed by atoms with Crippen molar-refractivity contribution >= 4 is 5.91 Å². The third-order valence-electron chi connectivity index (χ3n) is 4.08. The van der Waals surface area contributed by atoms with Gasteiger partial charge in [-0.1, -0.05) is 0 Å². The molecule has 0 radical (unpaired) electrons. The first-order chi connectivity index (χ1) is 9.16. The molecule has 1 amide bonds. The molecule has 2 aliphatic rings. The number of aliphatic hydroxyl groups is 2. The van der Waals surface area contributed by atoms with Crippen molar-refractivity contribution in [2.24, 2.45) is 5.92 Å². The lowest BCUT2D eigenvalue weighted by atomic mass is 9.94. The van der Waals surface area contributed by atoms with Crippen molar-refractivity contribution in [3.05, 3.63) is 30.1 Å². The van der Waals surface area contributed by atoms with Crippen LogP contribution in [-0.2, 0) is 4.79 Å². The average Bonchev–Trinajstić information content (AvgIpc) is 3.23. The van der Waals surface area contributed by atoms with E-state index < -0.39 is 18.2 Å². The van der Waals surface area contributed by atoms with E-state index in [-0.39, 0.29) is 17.7 Å². The summed E-state index contributed by atoms with van der Waals surface area (Å²) in [7, 11) is 0. The molecular formula is C14H18N2O3. The number of amides is 1. The van der Waals surface area contributed by atoms with Gasteiger partial charge in [0.2, 0.25) is 5.91 Å². The Bertz CT molecular complexity index is 461. The first-order valence-electron chi connectivity index (χ1n) is 6.73. The lowest BCUT2D eigenvalue weighted by molar-refractivity contribution is -0.124. The third-order valence-corrected chi connectivity index (χ3v) is 4.08. The van der Waals surface area contributed by atoms with E-state index in [0.29, 0.717) is 6.42 Å². The van der Waals surface area contributed by atoms with E-state index >= 15 is 0 Å². The molecule has 0 aromatic carbocycles. The SMILES string of the molecule is O=C(N[C@H]1[C@H](O)[C@H](O)C[C@@H]1c1ccncc1)C1CC1. The number of nitrogens with one attached hydrogen (secondary N) is 1. The van der Waals surface area contributed by atoms with Crippen LogP contribution in [0.15, 0.2) is 24.5 Å². The second-order valence-corrected chi connectivity index (χ2v) is 5.49. The van der Waals surface area contributed by atoms with Crippen LogP contribution in [0.3, 0.4) is 0 Å². The van der Waals surface area contributed by atoms with E-state index in [1.54, 1.807) is 12.4 Å². The van der Waals surface area contributed by atoms with Crippen molar-refractivity contribution in [2.75, 3.05) is 0 Å². The molecule has 102 valence electrons. The summed E-state index contributed by atoms with van der Waals surface area (Å²) in [6.45, 7) is 0. The largest absolute Gasteiger partial charge is 0.390 e. The zero-order chi connectivity index (χ0) is 13.4. The fourth-order valence-electron chi connectivity index (χ4n) is 2.79. The number of aromatic nitrogens is 1. The molecule has 0 saturated heterocycles. The highest BCUT2D eigenvalue weighted by Crippen LogP contribution is 2.36. The Balaban J connectivity index is 1.79. The lowest BCUT2D eigenvalue weighted by Crippen LogP contribution is -2.45. The standard InChI is InChI=1S/C14H18N2O3/c17-11-7-10(8-3-5-15-6-4-8)12(13(11)18)16-14(19)9-1-2-9/h3-6,9-13,17-18H,1-2,7H2,(H,16,19)/t10-,11-,12-,13-/m1/s1. The second-order valence-electron chi connectivity index (χ2n) is 5.49. The number of aliphatic hydroxyl groups excluding tert-OH is 2. The molecule has 4 atom stereocenters. The highest BCUT2D eigenvalue weighted by molar-refractivity contribution is 5.81. The van der Waals surface area contributed by atoms with E-state index in [9.17, 15) is 15.0 Å². The normalized spacial score (nSPS) is 34.2. The monoisotopic (exact) mass is 262 g/mol. The fourth-order valence-corrected chi connectivity index (χ4v) is 2.79. The predicted octanol–water partition coefficient (Wildman–Crippen LogP) is 0.185. The van der Waals surface area contributed by atoms with E-state index in [1.165, 1.54) is 0 Å². The van der Waals surface area contributed by atoms with Crippen LogP contribution in [0.25, 0.3) is 0 Å². The number of carbonyl (C=O) groups excluding carboxylic acids is 1. The smallest absolute Gasteiger partial charge is 0.223 e. The van der Waals surface area contributed by atoms with Crippen LogP contribution in [0.2, 0.25) is 0 Å². The van der Waals surface area contributed by atoms with E-state index in [2.05, 4.69) is 10.3 Å². The van der Waals surface area contributed by atoms with Gasteiger partial charge in [-0.2, -0.15) is 0 Å². The fraction of sp³-hybridized carbons (Fsp3) is 0.571. The number of hydrogen-bond donors (Lipinski definition) is 3. The van der Waals surface area contributed by atoms with Gasteiger partial charge in [0.25, 0.3) is 0 Å². The molecule has 19 heavy (non-hydrogen) atoms. The van der Waals surface area contributed by atoms with Crippen molar-refractivity contribution in [3.8, 4) is 0 Å². The Kier molecular flexibility index (Phi) is 3.24. The topological polar surface area (TPSA) is 82.5 Å². The molecule has 0 unspecified atom stereocenters. The minimum absolute atomic E-state index is 0.00259. The molecular weight excluding hydrogens is 244 g/mol.